The van der Waals surface area contributed by atoms with Gasteiger partial charge in [0.05, 0.1) is 11.8 Å². The highest BCUT2D eigenvalue weighted by Crippen LogP contribution is 2.23. The van der Waals surface area contributed by atoms with Crippen LogP contribution in [-0.4, -0.2) is 58.6 Å². The monoisotopic (exact) mass is 423 g/mol. The van der Waals surface area contributed by atoms with Crippen LogP contribution in [0.4, 0.5) is 0 Å². The molecule has 0 radical (unpaired) electrons. The summed E-state index contributed by atoms with van der Waals surface area (Å²) in [6.45, 7) is 5.96. The largest absolute Gasteiger partial charge is 0.463 e. The Balaban J connectivity index is 2.24. The van der Waals surface area contributed by atoms with Crippen LogP contribution in [0, 0.1) is 11.8 Å². The molecule has 1 aromatic heterocycles. The molecule has 1 aliphatic heterocycles. The van der Waals surface area contributed by atoms with Crippen LogP contribution in [0.5, 0.6) is 0 Å². The predicted octanol–water partition coefficient (Wildman–Crippen LogP) is -0.0492. The van der Waals surface area contributed by atoms with Gasteiger partial charge in [0.2, 0.25) is 0 Å². The Morgan fingerprint density at radius 2 is 2.00 bits per heavy atom. The molecule has 11 heteroatoms. The van der Waals surface area contributed by atoms with Crippen molar-refractivity contribution in [3.8, 4) is 0 Å². The maximum Gasteiger partial charge on any atom is 0.332 e. The second-order valence-corrected chi connectivity index (χ2v) is 7.14. The minimum Gasteiger partial charge on any atom is -0.463 e. The fourth-order valence-electron chi connectivity index (χ4n) is 2.82. The van der Waals surface area contributed by atoms with Crippen LogP contribution in [0.25, 0.3) is 0 Å². The zero-order chi connectivity index (χ0) is 22.4. The van der Waals surface area contributed by atoms with Crippen LogP contribution >= 0.6 is 0 Å². The summed E-state index contributed by atoms with van der Waals surface area (Å²) in [5.41, 5.74) is -1.21. The number of carbonyl (C=O) groups is 4. The van der Waals surface area contributed by atoms with Gasteiger partial charge in [0.25, 0.3) is 11.5 Å². The van der Waals surface area contributed by atoms with Crippen LogP contribution in [0.2, 0.25) is 0 Å². The predicted molar refractivity (Wildman–Crippen MR) is 101 cm³/mol. The molecule has 164 valence electrons. The third-order valence-corrected chi connectivity index (χ3v) is 4.53. The number of rotatable bonds is 5. The molecule has 11 nitrogen and oxygen atoms in total. The summed E-state index contributed by atoms with van der Waals surface area (Å²) >= 11 is 0. The number of hydrogen-bond acceptors (Lipinski definition) is 9. The zero-order valence-electron chi connectivity index (χ0n) is 17.2. The molecule has 2 heterocycles. The Kier molecular flexibility index (Phi) is 7.67. The Labute approximate surface area is 172 Å². The molecule has 2 N–H and O–H groups in total. The van der Waals surface area contributed by atoms with Crippen LogP contribution in [0.1, 0.15) is 44.6 Å². The Morgan fingerprint density at radius 3 is 2.60 bits per heavy atom. The summed E-state index contributed by atoms with van der Waals surface area (Å²) in [6.07, 6.45) is 0.708. The Hall–Kier alpha value is -3.24. The van der Waals surface area contributed by atoms with Gasteiger partial charge < -0.3 is 24.5 Å². The van der Waals surface area contributed by atoms with Gasteiger partial charge in [-0.2, -0.15) is 0 Å². The van der Waals surface area contributed by atoms with Crippen LogP contribution in [0.15, 0.2) is 17.2 Å². The van der Waals surface area contributed by atoms with Crippen molar-refractivity contribution in [2.75, 3.05) is 6.61 Å². The van der Waals surface area contributed by atoms with E-state index in [2.05, 4.69) is 15.3 Å². The van der Waals surface area contributed by atoms with Crippen molar-refractivity contribution in [1.82, 2.24) is 15.3 Å². The minimum atomic E-state index is -1.37. The molecule has 1 aliphatic rings. The molecule has 1 saturated heterocycles. The molecular weight excluding hydrogens is 398 g/mol. The third kappa shape index (κ3) is 5.43. The normalized spacial score (nSPS) is 24.7. The number of ether oxygens (including phenoxy) is 3. The average molecular weight is 423 g/mol. The van der Waals surface area contributed by atoms with Gasteiger partial charge in [-0.1, -0.05) is 20.8 Å². The standard InChI is InChI=1S/C19H25N3O8/c1-5-11-14(30-17(25)9(2)3)10(4)29-19(27)12(8-28-18(11)26)22-16(24)13-15(23)21-7-6-20-13/h6-7,9-12,14H,5,8H2,1-4H3,(H,21,23)(H,22,24)/t10-,11+,12-,14-/m0/s1. The number of amides is 1. The highest BCUT2D eigenvalue weighted by Gasteiger charge is 2.41. The van der Waals surface area contributed by atoms with Gasteiger partial charge in [-0.3, -0.25) is 19.2 Å². The zero-order valence-corrected chi connectivity index (χ0v) is 17.2. The van der Waals surface area contributed by atoms with Crippen LogP contribution < -0.4 is 10.9 Å². The summed E-state index contributed by atoms with van der Waals surface area (Å²) < 4.78 is 16.0. The smallest absolute Gasteiger partial charge is 0.332 e. The first kappa shape index (κ1) is 23.0. The van der Waals surface area contributed by atoms with Gasteiger partial charge in [0, 0.05) is 12.4 Å². The molecule has 30 heavy (non-hydrogen) atoms. The molecule has 0 aromatic carbocycles. The van der Waals surface area contributed by atoms with E-state index < -0.39 is 71.8 Å². The average Bonchev–Trinajstić information content (AvgIpc) is 2.73. The number of aromatic amines is 1. The van der Waals surface area contributed by atoms with Crippen molar-refractivity contribution in [1.29, 1.82) is 0 Å². The maximum absolute atomic E-state index is 12.6. The third-order valence-electron chi connectivity index (χ3n) is 4.53. The molecule has 0 saturated carbocycles. The van der Waals surface area contributed by atoms with E-state index in [-0.39, 0.29) is 6.42 Å². The number of aromatic nitrogens is 2. The second-order valence-electron chi connectivity index (χ2n) is 7.14. The van der Waals surface area contributed by atoms with E-state index in [9.17, 15) is 24.0 Å². The van der Waals surface area contributed by atoms with Crippen molar-refractivity contribution in [2.24, 2.45) is 11.8 Å². The number of carbonyl (C=O) groups excluding carboxylic acids is 4. The number of H-pyrrole nitrogens is 1. The summed E-state index contributed by atoms with van der Waals surface area (Å²) in [6, 6.07) is -1.37. The summed E-state index contributed by atoms with van der Waals surface area (Å²) in [5, 5.41) is 2.29. The van der Waals surface area contributed by atoms with Crippen molar-refractivity contribution in [2.45, 2.75) is 52.4 Å². The fraction of sp³-hybridized carbons (Fsp3) is 0.579. The van der Waals surface area contributed by atoms with E-state index in [4.69, 9.17) is 14.2 Å². The molecular formula is C19H25N3O8. The van der Waals surface area contributed by atoms with E-state index in [1.807, 2.05) is 0 Å². The fourth-order valence-corrected chi connectivity index (χ4v) is 2.82. The van der Waals surface area contributed by atoms with Crippen LogP contribution in [0.3, 0.4) is 0 Å². The summed E-state index contributed by atoms with van der Waals surface area (Å²) in [5.74, 6) is -4.39. The lowest BCUT2D eigenvalue weighted by Crippen LogP contribution is -2.47. The van der Waals surface area contributed by atoms with Gasteiger partial charge in [0.15, 0.2) is 17.8 Å². The first-order valence-corrected chi connectivity index (χ1v) is 9.57. The molecule has 4 atom stereocenters. The van der Waals surface area contributed by atoms with E-state index in [0.717, 1.165) is 0 Å². The summed E-state index contributed by atoms with van der Waals surface area (Å²) in [7, 11) is 0. The van der Waals surface area contributed by atoms with Gasteiger partial charge in [-0.15, -0.1) is 0 Å². The number of nitrogens with one attached hydrogen (secondary N) is 2. The maximum atomic E-state index is 12.6. The molecule has 0 aliphatic carbocycles. The highest BCUT2D eigenvalue weighted by molar-refractivity contribution is 5.95. The van der Waals surface area contributed by atoms with Gasteiger partial charge in [-0.05, 0) is 13.3 Å². The Morgan fingerprint density at radius 1 is 1.30 bits per heavy atom. The molecule has 2 rings (SSSR count). The van der Waals surface area contributed by atoms with E-state index in [0.29, 0.717) is 0 Å². The quantitative estimate of drug-likeness (QED) is 0.490. The molecule has 0 spiro atoms. The van der Waals surface area contributed by atoms with E-state index in [1.54, 1.807) is 20.8 Å². The van der Waals surface area contributed by atoms with Crippen molar-refractivity contribution in [3.05, 3.63) is 28.4 Å². The molecule has 1 aromatic rings. The molecule has 1 fully saturated rings. The van der Waals surface area contributed by atoms with Crippen molar-refractivity contribution < 1.29 is 33.4 Å². The molecule has 1 amide bonds. The first-order chi connectivity index (χ1) is 14.1. The lowest BCUT2D eigenvalue weighted by atomic mass is 9.95. The lowest BCUT2D eigenvalue weighted by molar-refractivity contribution is -0.176. The number of esters is 3. The topological polar surface area (TPSA) is 154 Å². The van der Waals surface area contributed by atoms with E-state index in [1.165, 1.54) is 19.3 Å². The Bertz CT molecular complexity index is 865. The summed E-state index contributed by atoms with van der Waals surface area (Å²) in [4.78, 5) is 67.2. The number of hydrogen-bond donors (Lipinski definition) is 2. The van der Waals surface area contributed by atoms with Crippen molar-refractivity contribution in [3.63, 3.8) is 0 Å². The van der Waals surface area contributed by atoms with E-state index >= 15 is 0 Å². The minimum absolute atomic E-state index is 0.275. The number of nitrogens with zero attached hydrogens (tertiary/aromatic N) is 1. The van der Waals surface area contributed by atoms with Gasteiger partial charge >= 0.3 is 17.9 Å². The highest BCUT2D eigenvalue weighted by atomic mass is 16.6. The van der Waals surface area contributed by atoms with Gasteiger partial charge in [-0.25, -0.2) is 9.78 Å². The molecule has 0 bridgehead atoms. The first-order valence-electron chi connectivity index (χ1n) is 9.57. The van der Waals surface area contributed by atoms with Crippen LogP contribution in [-0.2, 0) is 28.6 Å². The second kappa shape index (κ2) is 9.99. The molecule has 0 unspecified atom stereocenters. The number of cyclic esters (lactones) is 2. The SMILES string of the molecule is CC[C@H]1C(=O)OC[C@H](NC(=O)c2ncc[nH]c2=O)C(=O)O[C@@H](C)[C@@H]1OC(=O)C(C)C. The lowest BCUT2D eigenvalue weighted by Gasteiger charge is -2.29. The van der Waals surface area contributed by atoms with Gasteiger partial charge in [0.1, 0.15) is 12.7 Å². The van der Waals surface area contributed by atoms with Crippen molar-refractivity contribution >= 4 is 23.8 Å².